The molecular weight excluding hydrogens is 229 g/mol. The van der Waals surface area contributed by atoms with Gasteiger partial charge >= 0.3 is 0 Å². The maximum absolute atomic E-state index is 13.0. The van der Waals surface area contributed by atoms with Gasteiger partial charge in [-0.2, -0.15) is 0 Å². The highest BCUT2D eigenvalue weighted by molar-refractivity contribution is 5.58. The smallest absolute Gasteiger partial charge is 0.164 e. The molecule has 1 N–H and O–H groups in total. The number of halogens is 1. The van der Waals surface area contributed by atoms with Gasteiger partial charge in [0.05, 0.1) is 0 Å². The maximum atomic E-state index is 13.0. The Morgan fingerprint density at radius 3 is 2.83 bits per heavy atom. The van der Waals surface area contributed by atoms with E-state index in [0.717, 1.165) is 18.5 Å². The summed E-state index contributed by atoms with van der Waals surface area (Å²) in [5.74, 6) is -0.847. The quantitative estimate of drug-likeness (QED) is 0.876. The van der Waals surface area contributed by atoms with Crippen LogP contribution in [0.25, 0.3) is 0 Å². The molecule has 0 fully saturated rings. The highest BCUT2D eigenvalue weighted by Gasteiger charge is 2.18. The topological polar surface area (TPSA) is 23.5 Å². The minimum atomic E-state index is -0.569. The van der Waals surface area contributed by atoms with E-state index in [1.807, 2.05) is 12.1 Å². The first-order valence-electron chi connectivity index (χ1n) is 6.04. The number of aromatic hydroxyl groups is 1. The summed E-state index contributed by atoms with van der Waals surface area (Å²) in [4.78, 5) is 2.25. The Morgan fingerprint density at radius 2 is 2.00 bits per heavy atom. The van der Waals surface area contributed by atoms with Gasteiger partial charge in [-0.15, -0.1) is 0 Å². The van der Waals surface area contributed by atoms with Gasteiger partial charge in [0.15, 0.2) is 11.6 Å². The molecule has 0 amide bonds. The average molecular weight is 243 g/mol. The predicted octanol–water partition coefficient (Wildman–Crippen LogP) is 3.09. The molecular formula is C15H14FNO. The number of anilines is 1. The highest BCUT2D eigenvalue weighted by atomic mass is 19.1. The molecule has 2 nitrogen and oxygen atoms in total. The molecule has 1 aliphatic heterocycles. The van der Waals surface area contributed by atoms with Gasteiger partial charge in [-0.1, -0.05) is 24.3 Å². The van der Waals surface area contributed by atoms with Gasteiger partial charge in [0.25, 0.3) is 0 Å². The van der Waals surface area contributed by atoms with E-state index in [-0.39, 0.29) is 5.75 Å². The Morgan fingerprint density at radius 1 is 1.17 bits per heavy atom. The largest absolute Gasteiger partial charge is 0.505 e. The van der Waals surface area contributed by atoms with E-state index in [4.69, 9.17) is 0 Å². The molecule has 3 heteroatoms. The summed E-state index contributed by atoms with van der Waals surface area (Å²) in [6.07, 6.45) is 1.04. The van der Waals surface area contributed by atoms with Crippen LogP contribution in [-0.4, -0.2) is 11.7 Å². The third-order valence-corrected chi connectivity index (χ3v) is 3.37. The number of phenolic OH excluding ortho intramolecular Hbond substituents is 1. The third kappa shape index (κ3) is 1.92. The molecule has 0 saturated carbocycles. The Balaban J connectivity index is 1.84. The van der Waals surface area contributed by atoms with Gasteiger partial charge in [0.1, 0.15) is 0 Å². The fourth-order valence-electron chi connectivity index (χ4n) is 2.45. The second kappa shape index (κ2) is 4.33. The van der Waals surface area contributed by atoms with Crippen molar-refractivity contribution in [2.75, 3.05) is 11.4 Å². The number of rotatable bonds is 2. The molecule has 1 aliphatic rings. The number of nitrogens with zero attached hydrogens (tertiary/aromatic N) is 1. The molecule has 3 rings (SSSR count). The number of hydrogen-bond acceptors (Lipinski definition) is 2. The van der Waals surface area contributed by atoms with Crippen LogP contribution in [0.1, 0.15) is 11.1 Å². The zero-order valence-electron chi connectivity index (χ0n) is 9.94. The fourth-order valence-corrected chi connectivity index (χ4v) is 2.45. The van der Waals surface area contributed by atoms with Crippen LogP contribution < -0.4 is 4.90 Å². The molecule has 0 spiro atoms. The lowest BCUT2D eigenvalue weighted by Gasteiger charge is -2.19. The van der Waals surface area contributed by atoms with Crippen LogP contribution in [0.4, 0.5) is 10.1 Å². The molecule has 92 valence electrons. The molecule has 0 radical (unpaired) electrons. The fraction of sp³-hybridized carbons (Fsp3) is 0.200. The standard InChI is InChI=1S/C15H14FNO/c16-13-6-5-11(9-15(13)18)10-17-8-7-12-3-1-2-4-14(12)17/h1-6,9,18H,7-8,10H2. The predicted molar refractivity (Wildman–Crippen MR) is 69.3 cm³/mol. The molecule has 0 atom stereocenters. The van der Waals surface area contributed by atoms with Gasteiger partial charge in [0.2, 0.25) is 0 Å². The molecule has 0 aliphatic carbocycles. The summed E-state index contributed by atoms with van der Waals surface area (Å²) in [5.41, 5.74) is 3.51. The summed E-state index contributed by atoms with van der Waals surface area (Å²) in [6.45, 7) is 1.67. The minimum Gasteiger partial charge on any atom is -0.505 e. The van der Waals surface area contributed by atoms with E-state index in [2.05, 4.69) is 17.0 Å². The zero-order valence-corrected chi connectivity index (χ0v) is 9.94. The minimum absolute atomic E-state index is 0.278. The summed E-state index contributed by atoms with van der Waals surface area (Å²) in [6, 6.07) is 12.8. The van der Waals surface area contributed by atoms with Crippen LogP contribution in [0, 0.1) is 5.82 Å². The normalized spacial score (nSPS) is 13.7. The van der Waals surface area contributed by atoms with E-state index in [1.165, 1.54) is 23.4 Å². The number of phenols is 1. The second-order valence-electron chi connectivity index (χ2n) is 4.59. The first-order valence-corrected chi connectivity index (χ1v) is 6.04. The van der Waals surface area contributed by atoms with Crippen molar-refractivity contribution in [2.45, 2.75) is 13.0 Å². The van der Waals surface area contributed by atoms with Crippen LogP contribution in [-0.2, 0) is 13.0 Å². The molecule has 18 heavy (non-hydrogen) atoms. The lowest BCUT2D eigenvalue weighted by atomic mass is 10.1. The molecule has 0 saturated heterocycles. The number of hydrogen-bond donors (Lipinski definition) is 1. The third-order valence-electron chi connectivity index (χ3n) is 3.37. The summed E-state index contributed by atoms with van der Waals surface area (Å²) in [7, 11) is 0. The van der Waals surface area contributed by atoms with Crippen LogP contribution in [0.5, 0.6) is 5.75 Å². The van der Waals surface area contributed by atoms with Crippen LogP contribution >= 0.6 is 0 Å². The van der Waals surface area contributed by atoms with Crippen molar-refractivity contribution in [3.8, 4) is 5.75 Å². The van der Waals surface area contributed by atoms with Crippen LogP contribution in [0.3, 0.4) is 0 Å². The molecule has 0 bridgehead atoms. The van der Waals surface area contributed by atoms with E-state index in [0.29, 0.717) is 6.54 Å². The van der Waals surface area contributed by atoms with E-state index in [9.17, 15) is 9.50 Å². The van der Waals surface area contributed by atoms with Crippen LogP contribution in [0.15, 0.2) is 42.5 Å². The van der Waals surface area contributed by atoms with Crippen molar-refractivity contribution in [1.82, 2.24) is 0 Å². The average Bonchev–Trinajstić information content (AvgIpc) is 2.78. The second-order valence-corrected chi connectivity index (χ2v) is 4.59. The van der Waals surface area contributed by atoms with Crippen LogP contribution in [0.2, 0.25) is 0 Å². The van der Waals surface area contributed by atoms with E-state index < -0.39 is 5.82 Å². The van der Waals surface area contributed by atoms with Gasteiger partial charge in [-0.05, 0) is 35.7 Å². The summed E-state index contributed by atoms with van der Waals surface area (Å²) in [5, 5.41) is 9.38. The Bertz CT molecular complexity index is 582. The number of para-hydroxylation sites is 1. The SMILES string of the molecule is Oc1cc(CN2CCc3ccccc32)ccc1F. The molecule has 2 aromatic carbocycles. The molecule has 0 aromatic heterocycles. The van der Waals surface area contributed by atoms with Crippen molar-refractivity contribution < 1.29 is 9.50 Å². The number of fused-ring (bicyclic) bond motifs is 1. The van der Waals surface area contributed by atoms with E-state index >= 15 is 0 Å². The highest BCUT2D eigenvalue weighted by Crippen LogP contribution is 2.29. The molecule has 0 unspecified atom stereocenters. The molecule has 2 aromatic rings. The van der Waals surface area contributed by atoms with Gasteiger partial charge < -0.3 is 10.0 Å². The zero-order chi connectivity index (χ0) is 12.5. The lowest BCUT2D eigenvalue weighted by molar-refractivity contribution is 0.431. The summed E-state index contributed by atoms with van der Waals surface area (Å²) < 4.78 is 13.0. The molecule has 1 heterocycles. The Kier molecular flexibility index (Phi) is 2.67. The van der Waals surface area contributed by atoms with Crippen molar-refractivity contribution in [2.24, 2.45) is 0 Å². The van der Waals surface area contributed by atoms with Gasteiger partial charge in [-0.25, -0.2) is 4.39 Å². The summed E-state index contributed by atoms with van der Waals surface area (Å²) >= 11 is 0. The van der Waals surface area contributed by atoms with Gasteiger partial charge in [-0.3, -0.25) is 0 Å². The Hall–Kier alpha value is -2.03. The van der Waals surface area contributed by atoms with Crippen molar-refractivity contribution in [3.05, 3.63) is 59.4 Å². The van der Waals surface area contributed by atoms with Crippen molar-refractivity contribution >= 4 is 5.69 Å². The van der Waals surface area contributed by atoms with Crippen molar-refractivity contribution in [1.29, 1.82) is 0 Å². The lowest BCUT2D eigenvalue weighted by Crippen LogP contribution is -2.19. The van der Waals surface area contributed by atoms with Gasteiger partial charge in [0, 0.05) is 18.8 Å². The first-order chi connectivity index (χ1) is 8.74. The van der Waals surface area contributed by atoms with Crippen molar-refractivity contribution in [3.63, 3.8) is 0 Å². The number of benzene rings is 2. The Labute approximate surface area is 105 Å². The maximum Gasteiger partial charge on any atom is 0.164 e. The van der Waals surface area contributed by atoms with E-state index in [1.54, 1.807) is 6.07 Å². The monoisotopic (exact) mass is 243 g/mol. The first kappa shape index (κ1) is 11.1.